The van der Waals surface area contributed by atoms with Gasteiger partial charge in [0, 0.05) is 26.2 Å². The molecule has 0 aromatic heterocycles. The maximum Gasteiger partial charge on any atom is 0.275 e. The summed E-state index contributed by atoms with van der Waals surface area (Å²) in [5, 5.41) is 20.3. The van der Waals surface area contributed by atoms with E-state index in [-0.39, 0.29) is 5.69 Å². The summed E-state index contributed by atoms with van der Waals surface area (Å²) in [7, 11) is 4.36. The van der Waals surface area contributed by atoms with Crippen molar-refractivity contribution in [2.45, 2.75) is 0 Å². The molecule has 0 radical (unpaired) electrons. The molecule has 0 unspecified atom stereocenters. The van der Waals surface area contributed by atoms with Crippen molar-refractivity contribution in [2.75, 3.05) is 26.2 Å². The number of carbonyl (C=O) groups is 1. The highest BCUT2D eigenvalue weighted by atomic mass is 16.6. The molecule has 1 aromatic rings. The first-order valence-electron chi connectivity index (χ1n) is 5.15. The topological polar surface area (TPSA) is 101 Å². The Morgan fingerprint density at radius 1 is 1.32 bits per heavy atom. The number of nitro groups is 1. The molecule has 9 heteroatoms. The van der Waals surface area contributed by atoms with E-state index in [1.807, 2.05) is 0 Å². The molecule has 0 aliphatic rings. The third-order valence-electron chi connectivity index (χ3n) is 2.16. The Kier molecular flexibility index (Phi) is 4.75. The number of benzene rings is 1. The van der Waals surface area contributed by atoms with E-state index in [0.29, 0.717) is 17.8 Å². The SMILES string of the molecule is COc1cc(N(C)/N=N\N(C)C=O)cc([N+](=O)[O-])c1. The van der Waals surface area contributed by atoms with Crippen LogP contribution in [0.2, 0.25) is 0 Å². The fourth-order valence-corrected chi connectivity index (χ4v) is 1.17. The van der Waals surface area contributed by atoms with E-state index in [4.69, 9.17) is 4.74 Å². The number of non-ortho nitro benzene ring substituents is 1. The molecule has 0 spiro atoms. The Balaban J connectivity index is 3.04. The lowest BCUT2D eigenvalue weighted by molar-refractivity contribution is -0.384. The minimum Gasteiger partial charge on any atom is -0.496 e. The molecule has 1 amide bonds. The van der Waals surface area contributed by atoms with Crippen LogP contribution in [0.15, 0.2) is 28.6 Å². The first-order chi connectivity index (χ1) is 8.97. The molecule has 0 heterocycles. The molecule has 1 aromatic carbocycles. The van der Waals surface area contributed by atoms with Gasteiger partial charge in [0.1, 0.15) is 5.75 Å². The first-order valence-corrected chi connectivity index (χ1v) is 5.15. The number of methoxy groups -OCH3 is 1. The first kappa shape index (κ1) is 14.4. The van der Waals surface area contributed by atoms with E-state index in [9.17, 15) is 14.9 Å². The normalized spacial score (nSPS) is 10.3. The highest BCUT2D eigenvalue weighted by molar-refractivity contribution is 5.57. The molecule has 0 fully saturated rings. The van der Waals surface area contributed by atoms with E-state index in [1.54, 1.807) is 13.1 Å². The van der Waals surface area contributed by atoms with Gasteiger partial charge >= 0.3 is 0 Å². The van der Waals surface area contributed by atoms with Crippen molar-refractivity contribution in [1.82, 2.24) is 5.01 Å². The second-order valence-corrected chi connectivity index (χ2v) is 3.53. The Hall–Kier alpha value is -2.71. The Labute approximate surface area is 109 Å². The molecular weight excluding hydrogens is 254 g/mol. The van der Waals surface area contributed by atoms with Gasteiger partial charge in [-0.05, 0) is 10.4 Å². The molecule has 1 rings (SSSR count). The van der Waals surface area contributed by atoms with Crippen LogP contribution in [-0.4, -0.2) is 37.5 Å². The molecule has 0 bridgehead atoms. The van der Waals surface area contributed by atoms with Crippen LogP contribution < -0.4 is 9.75 Å². The number of anilines is 1. The van der Waals surface area contributed by atoms with Gasteiger partial charge in [-0.15, -0.1) is 0 Å². The maximum atomic E-state index is 10.8. The highest BCUT2D eigenvalue weighted by Crippen LogP contribution is 2.27. The number of amides is 1. The zero-order valence-electron chi connectivity index (χ0n) is 10.7. The fourth-order valence-electron chi connectivity index (χ4n) is 1.17. The number of hydrogen-bond donors (Lipinski definition) is 0. The van der Waals surface area contributed by atoms with Gasteiger partial charge < -0.3 is 4.74 Å². The van der Waals surface area contributed by atoms with E-state index < -0.39 is 4.92 Å². The third-order valence-corrected chi connectivity index (χ3v) is 2.16. The van der Waals surface area contributed by atoms with Gasteiger partial charge in [0.2, 0.25) is 6.41 Å². The summed E-state index contributed by atoms with van der Waals surface area (Å²) in [5.74, 6) is 0.329. The predicted octanol–water partition coefficient (Wildman–Crippen LogP) is 1.41. The predicted molar refractivity (Wildman–Crippen MR) is 66.7 cm³/mol. The second-order valence-electron chi connectivity index (χ2n) is 3.53. The summed E-state index contributed by atoms with van der Waals surface area (Å²) in [6, 6.07) is 4.18. The molecule has 9 nitrogen and oxygen atoms in total. The molecule has 0 N–H and O–H groups in total. The minimum atomic E-state index is -0.533. The van der Waals surface area contributed by atoms with Crippen molar-refractivity contribution < 1.29 is 14.5 Å². The van der Waals surface area contributed by atoms with Crippen LogP contribution in [0.1, 0.15) is 0 Å². The number of rotatable bonds is 6. The summed E-state index contributed by atoms with van der Waals surface area (Å²) in [5.41, 5.74) is 0.286. The van der Waals surface area contributed by atoms with Gasteiger partial charge in [0.05, 0.1) is 23.8 Å². The Bertz CT molecular complexity index is 505. The van der Waals surface area contributed by atoms with Crippen molar-refractivity contribution in [2.24, 2.45) is 10.4 Å². The van der Waals surface area contributed by atoms with Crippen molar-refractivity contribution in [3.63, 3.8) is 0 Å². The van der Waals surface area contributed by atoms with E-state index in [0.717, 1.165) is 5.01 Å². The summed E-state index contributed by atoms with van der Waals surface area (Å²) in [4.78, 5) is 20.6. The molecule has 0 aliphatic carbocycles. The number of carbonyl (C=O) groups excluding carboxylic acids is 1. The van der Waals surface area contributed by atoms with Gasteiger partial charge in [-0.3, -0.25) is 14.9 Å². The molecular formula is C10H13N5O4. The minimum absolute atomic E-state index is 0.125. The zero-order valence-corrected chi connectivity index (χ0v) is 10.7. The summed E-state index contributed by atoms with van der Waals surface area (Å²) in [6.07, 6.45) is 0.478. The maximum absolute atomic E-state index is 10.8. The van der Waals surface area contributed by atoms with Crippen LogP contribution >= 0.6 is 0 Å². The molecule has 0 aliphatic heterocycles. The second kappa shape index (κ2) is 6.28. The number of nitrogens with zero attached hydrogens (tertiary/aromatic N) is 5. The summed E-state index contributed by atoms with van der Waals surface area (Å²) in [6.45, 7) is 0. The van der Waals surface area contributed by atoms with Crippen molar-refractivity contribution >= 4 is 17.8 Å². The van der Waals surface area contributed by atoms with Crippen LogP contribution in [0, 0.1) is 10.1 Å². The number of hydrogen-bond acceptors (Lipinski definition) is 6. The summed E-state index contributed by atoms with van der Waals surface area (Å²) >= 11 is 0. The van der Waals surface area contributed by atoms with Gasteiger partial charge in [-0.25, -0.2) is 10.0 Å². The van der Waals surface area contributed by atoms with Crippen LogP contribution in [0.4, 0.5) is 11.4 Å². The van der Waals surface area contributed by atoms with Crippen molar-refractivity contribution in [1.29, 1.82) is 0 Å². The molecule has 102 valence electrons. The van der Waals surface area contributed by atoms with E-state index >= 15 is 0 Å². The third kappa shape index (κ3) is 3.91. The fraction of sp³-hybridized carbons (Fsp3) is 0.300. The van der Waals surface area contributed by atoms with Gasteiger partial charge in [0.25, 0.3) is 5.69 Å². The lowest BCUT2D eigenvalue weighted by Crippen LogP contribution is -2.12. The Morgan fingerprint density at radius 2 is 2.00 bits per heavy atom. The lowest BCUT2D eigenvalue weighted by Gasteiger charge is -2.13. The molecule has 19 heavy (non-hydrogen) atoms. The monoisotopic (exact) mass is 267 g/mol. The largest absolute Gasteiger partial charge is 0.496 e. The van der Waals surface area contributed by atoms with E-state index in [2.05, 4.69) is 10.4 Å². The average Bonchev–Trinajstić information content (AvgIpc) is 2.43. The van der Waals surface area contributed by atoms with Crippen molar-refractivity contribution in [3.8, 4) is 5.75 Å². The smallest absolute Gasteiger partial charge is 0.275 e. The molecule has 0 saturated carbocycles. The van der Waals surface area contributed by atoms with Gasteiger partial charge in [-0.1, -0.05) is 0 Å². The molecule has 0 atom stereocenters. The quantitative estimate of drug-likeness (QED) is 0.335. The Morgan fingerprint density at radius 3 is 2.53 bits per heavy atom. The van der Waals surface area contributed by atoms with Gasteiger partial charge in [-0.2, -0.15) is 0 Å². The summed E-state index contributed by atoms with van der Waals surface area (Å²) < 4.78 is 4.97. The zero-order chi connectivity index (χ0) is 14.4. The lowest BCUT2D eigenvalue weighted by atomic mass is 10.2. The van der Waals surface area contributed by atoms with Crippen molar-refractivity contribution in [3.05, 3.63) is 28.3 Å². The number of nitro benzene ring substituents is 1. The van der Waals surface area contributed by atoms with Crippen LogP contribution in [0.25, 0.3) is 0 Å². The molecule has 0 saturated heterocycles. The van der Waals surface area contributed by atoms with Crippen LogP contribution in [0.3, 0.4) is 0 Å². The van der Waals surface area contributed by atoms with Crippen LogP contribution in [0.5, 0.6) is 5.75 Å². The highest BCUT2D eigenvalue weighted by Gasteiger charge is 2.12. The van der Waals surface area contributed by atoms with Gasteiger partial charge in [0.15, 0.2) is 0 Å². The van der Waals surface area contributed by atoms with E-state index in [1.165, 1.54) is 31.3 Å². The van der Waals surface area contributed by atoms with Crippen LogP contribution in [-0.2, 0) is 4.79 Å². The standard InChI is InChI=1S/C10H13N5O4/c1-13(7-16)11-12-14(2)8-4-9(15(17)18)6-10(5-8)19-3/h4-7H,1-3H3/b12-11-. The number of ether oxygens (including phenoxy) is 1. The average molecular weight is 267 g/mol.